The van der Waals surface area contributed by atoms with Gasteiger partial charge in [0.15, 0.2) is 11.5 Å². The molecule has 0 aliphatic rings. The van der Waals surface area contributed by atoms with Gasteiger partial charge in [0, 0.05) is 35.0 Å². The van der Waals surface area contributed by atoms with Crippen LogP contribution in [0.1, 0.15) is 0 Å². The molecule has 0 aliphatic heterocycles. The molecule has 0 amide bonds. The van der Waals surface area contributed by atoms with Gasteiger partial charge >= 0.3 is 0 Å². The van der Waals surface area contributed by atoms with Gasteiger partial charge in [0.1, 0.15) is 11.6 Å². The highest BCUT2D eigenvalue weighted by Crippen LogP contribution is 2.41. The summed E-state index contributed by atoms with van der Waals surface area (Å²) in [5, 5.41) is 4.31. The first kappa shape index (κ1) is 19.4. The summed E-state index contributed by atoms with van der Waals surface area (Å²) in [6, 6.07) is 15.6. The fourth-order valence-corrected chi connectivity index (χ4v) is 3.46. The number of hydrogen-bond donors (Lipinski definition) is 2. The van der Waals surface area contributed by atoms with E-state index in [0.717, 1.165) is 33.6 Å². The van der Waals surface area contributed by atoms with Crippen molar-refractivity contribution in [2.24, 2.45) is 0 Å². The van der Waals surface area contributed by atoms with Crippen LogP contribution in [0.4, 0.5) is 11.5 Å². The number of para-hydroxylation sites is 1. The molecule has 0 saturated heterocycles. The zero-order chi connectivity index (χ0) is 21.1. The number of anilines is 2. The first-order valence-corrected chi connectivity index (χ1v) is 9.36. The van der Waals surface area contributed by atoms with Gasteiger partial charge in [0.2, 0.25) is 5.75 Å². The molecule has 0 fully saturated rings. The molecular formula is C23H23N3O4. The molecule has 0 bridgehead atoms. The smallest absolute Gasteiger partial charge is 0.203 e. The van der Waals surface area contributed by atoms with E-state index in [2.05, 4.69) is 21.4 Å². The molecule has 2 aromatic heterocycles. The summed E-state index contributed by atoms with van der Waals surface area (Å²) in [4.78, 5) is 7.98. The van der Waals surface area contributed by atoms with E-state index in [9.17, 15) is 0 Å². The molecule has 154 valence electrons. The third-order valence-corrected chi connectivity index (χ3v) is 4.87. The zero-order valence-corrected chi connectivity index (χ0v) is 17.3. The van der Waals surface area contributed by atoms with Crippen molar-refractivity contribution in [1.82, 2.24) is 9.97 Å². The summed E-state index contributed by atoms with van der Waals surface area (Å²) >= 11 is 0. The van der Waals surface area contributed by atoms with Crippen LogP contribution in [0.2, 0.25) is 0 Å². The monoisotopic (exact) mass is 405 g/mol. The van der Waals surface area contributed by atoms with E-state index in [-0.39, 0.29) is 0 Å². The Labute approximate surface area is 174 Å². The predicted octanol–water partition coefficient (Wildman–Crippen LogP) is 5.01. The van der Waals surface area contributed by atoms with Gasteiger partial charge in [-0.25, -0.2) is 4.98 Å². The van der Waals surface area contributed by atoms with Gasteiger partial charge in [0.05, 0.1) is 39.6 Å². The molecule has 4 aromatic rings. The standard InChI is InChI=1S/C23H23N3O4/c1-27-19-8-6-5-7-15(19)18-13-16-17(26-18)9-10-24-23(16)25-14-11-20(28-2)22(30-4)21(12-14)29-3/h5-13,26H,1-4H3,(H,24,25). The van der Waals surface area contributed by atoms with Crippen LogP contribution in [0.15, 0.2) is 54.7 Å². The average Bonchev–Trinajstić information content (AvgIpc) is 3.23. The summed E-state index contributed by atoms with van der Waals surface area (Å²) in [7, 11) is 6.42. The number of methoxy groups -OCH3 is 4. The number of ether oxygens (including phenoxy) is 4. The van der Waals surface area contributed by atoms with Gasteiger partial charge in [-0.3, -0.25) is 0 Å². The SMILES string of the molecule is COc1ccccc1-c1cc2c(Nc3cc(OC)c(OC)c(OC)c3)nccc2[nH]1. The van der Waals surface area contributed by atoms with Crippen molar-refractivity contribution in [2.45, 2.75) is 0 Å². The molecule has 2 aromatic carbocycles. The Balaban J connectivity index is 1.77. The van der Waals surface area contributed by atoms with E-state index >= 15 is 0 Å². The van der Waals surface area contributed by atoms with Crippen molar-refractivity contribution in [2.75, 3.05) is 33.8 Å². The van der Waals surface area contributed by atoms with Crippen molar-refractivity contribution >= 4 is 22.4 Å². The molecule has 4 rings (SSSR count). The molecular weight excluding hydrogens is 382 g/mol. The fraction of sp³-hybridized carbons (Fsp3) is 0.174. The molecule has 0 aliphatic carbocycles. The van der Waals surface area contributed by atoms with E-state index in [1.54, 1.807) is 34.6 Å². The number of nitrogens with zero attached hydrogens (tertiary/aromatic N) is 1. The van der Waals surface area contributed by atoms with Gasteiger partial charge in [-0.2, -0.15) is 0 Å². The second kappa shape index (κ2) is 8.24. The maximum atomic E-state index is 5.50. The van der Waals surface area contributed by atoms with Crippen molar-refractivity contribution in [3.63, 3.8) is 0 Å². The Morgan fingerprint density at radius 2 is 1.50 bits per heavy atom. The lowest BCUT2D eigenvalue weighted by Gasteiger charge is -2.15. The number of hydrogen-bond acceptors (Lipinski definition) is 6. The Kier molecular flexibility index (Phi) is 5.34. The molecule has 30 heavy (non-hydrogen) atoms. The minimum atomic E-state index is 0.539. The Morgan fingerprint density at radius 3 is 2.17 bits per heavy atom. The highest BCUT2D eigenvalue weighted by Gasteiger charge is 2.15. The minimum Gasteiger partial charge on any atom is -0.496 e. The quantitative estimate of drug-likeness (QED) is 0.450. The number of H-pyrrole nitrogens is 1. The number of nitrogens with one attached hydrogen (secondary N) is 2. The molecule has 0 spiro atoms. The largest absolute Gasteiger partial charge is 0.496 e. The molecule has 2 heterocycles. The maximum absolute atomic E-state index is 5.50. The highest BCUT2D eigenvalue weighted by molar-refractivity contribution is 5.95. The normalized spacial score (nSPS) is 10.7. The summed E-state index contributed by atoms with van der Waals surface area (Å²) in [5.41, 5.74) is 3.66. The van der Waals surface area contributed by atoms with Crippen LogP contribution in [0.5, 0.6) is 23.0 Å². The summed E-state index contributed by atoms with van der Waals surface area (Å²) in [6.07, 6.45) is 1.76. The Morgan fingerprint density at radius 1 is 0.800 bits per heavy atom. The van der Waals surface area contributed by atoms with Crippen molar-refractivity contribution in [3.8, 4) is 34.3 Å². The van der Waals surface area contributed by atoms with E-state index in [1.807, 2.05) is 42.5 Å². The van der Waals surface area contributed by atoms with Crippen molar-refractivity contribution in [1.29, 1.82) is 0 Å². The first-order valence-electron chi connectivity index (χ1n) is 9.36. The van der Waals surface area contributed by atoms with E-state index < -0.39 is 0 Å². The average molecular weight is 405 g/mol. The van der Waals surface area contributed by atoms with Gasteiger partial charge in [0.25, 0.3) is 0 Å². The number of pyridine rings is 1. The molecule has 2 N–H and O–H groups in total. The lowest BCUT2D eigenvalue weighted by Crippen LogP contribution is -1.99. The number of aromatic amines is 1. The zero-order valence-electron chi connectivity index (χ0n) is 17.3. The van der Waals surface area contributed by atoms with Crippen LogP contribution in [0.3, 0.4) is 0 Å². The lowest BCUT2D eigenvalue weighted by atomic mass is 10.1. The Bertz CT molecular complexity index is 1160. The number of rotatable bonds is 7. The third-order valence-electron chi connectivity index (χ3n) is 4.87. The van der Waals surface area contributed by atoms with Crippen LogP contribution < -0.4 is 24.3 Å². The molecule has 0 atom stereocenters. The van der Waals surface area contributed by atoms with Crippen LogP contribution in [0, 0.1) is 0 Å². The van der Waals surface area contributed by atoms with Crippen LogP contribution in [-0.2, 0) is 0 Å². The van der Waals surface area contributed by atoms with E-state index in [1.165, 1.54) is 0 Å². The van der Waals surface area contributed by atoms with Crippen molar-refractivity contribution in [3.05, 3.63) is 54.7 Å². The fourth-order valence-electron chi connectivity index (χ4n) is 3.46. The number of benzene rings is 2. The second-order valence-corrected chi connectivity index (χ2v) is 6.54. The van der Waals surface area contributed by atoms with Gasteiger partial charge < -0.3 is 29.2 Å². The number of fused-ring (bicyclic) bond motifs is 1. The second-order valence-electron chi connectivity index (χ2n) is 6.54. The Hall–Kier alpha value is -3.87. The summed E-state index contributed by atoms with van der Waals surface area (Å²) in [6.45, 7) is 0. The molecule has 0 radical (unpaired) electrons. The predicted molar refractivity (Wildman–Crippen MR) is 117 cm³/mol. The summed E-state index contributed by atoms with van der Waals surface area (Å²) in [5.74, 6) is 3.18. The maximum Gasteiger partial charge on any atom is 0.203 e. The third kappa shape index (κ3) is 3.45. The van der Waals surface area contributed by atoms with Crippen LogP contribution in [-0.4, -0.2) is 38.4 Å². The lowest BCUT2D eigenvalue weighted by molar-refractivity contribution is 0.324. The van der Waals surface area contributed by atoms with Crippen LogP contribution >= 0.6 is 0 Å². The van der Waals surface area contributed by atoms with Crippen molar-refractivity contribution < 1.29 is 18.9 Å². The molecule has 7 heteroatoms. The molecule has 0 saturated carbocycles. The molecule has 0 unspecified atom stereocenters. The van der Waals surface area contributed by atoms with Crippen LogP contribution in [0.25, 0.3) is 22.2 Å². The van der Waals surface area contributed by atoms with E-state index in [4.69, 9.17) is 18.9 Å². The molecule has 7 nitrogen and oxygen atoms in total. The first-order chi connectivity index (χ1) is 14.7. The highest BCUT2D eigenvalue weighted by atomic mass is 16.5. The van der Waals surface area contributed by atoms with Gasteiger partial charge in [-0.15, -0.1) is 0 Å². The van der Waals surface area contributed by atoms with E-state index in [0.29, 0.717) is 23.1 Å². The number of aromatic nitrogens is 2. The van der Waals surface area contributed by atoms with Gasteiger partial charge in [-0.1, -0.05) is 12.1 Å². The van der Waals surface area contributed by atoms with Gasteiger partial charge in [-0.05, 0) is 24.3 Å². The minimum absolute atomic E-state index is 0.539. The summed E-state index contributed by atoms with van der Waals surface area (Å²) < 4.78 is 21.8. The topological polar surface area (TPSA) is 77.6 Å².